The molecular weight excluding hydrogens is 472 g/mol. The lowest BCUT2D eigenvalue weighted by Gasteiger charge is -2.19. The summed E-state index contributed by atoms with van der Waals surface area (Å²) < 4.78 is 0. The highest BCUT2D eigenvalue weighted by molar-refractivity contribution is 5.66. The highest BCUT2D eigenvalue weighted by Gasteiger charge is 2.11. The summed E-state index contributed by atoms with van der Waals surface area (Å²) >= 11 is 0. The smallest absolute Gasteiger partial charge is 0.303 e. The lowest BCUT2D eigenvalue weighted by atomic mass is 9.86. The Bertz CT molecular complexity index is 519. The predicted molar refractivity (Wildman–Crippen MR) is 163 cm³/mol. The van der Waals surface area contributed by atoms with Crippen molar-refractivity contribution in [3.63, 3.8) is 0 Å². The lowest BCUT2D eigenvalue weighted by Crippen LogP contribution is -2.08. The minimum atomic E-state index is -0.658. The molecule has 0 aromatic carbocycles. The highest BCUT2D eigenvalue weighted by Crippen LogP contribution is 2.24. The van der Waals surface area contributed by atoms with Crippen molar-refractivity contribution < 1.29 is 19.8 Å². The number of carboxylic acids is 2. The first-order chi connectivity index (χ1) is 18.4. The summed E-state index contributed by atoms with van der Waals surface area (Å²) in [4.78, 5) is 21.0. The lowest BCUT2D eigenvalue weighted by molar-refractivity contribution is -0.138. The van der Waals surface area contributed by atoms with Crippen LogP contribution in [0.15, 0.2) is 0 Å². The Morgan fingerprint density at radius 3 is 0.763 bits per heavy atom. The molecule has 2 atom stereocenters. The molecule has 0 aromatic heterocycles. The van der Waals surface area contributed by atoms with Crippen LogP contribution in [0.4, 0.5) is 0 Å². The molecule has 4 nitrogen and oxygen atoms in total. The monoisotopic (exact) mass is 538 g/mol. The van der Waals surface area contributed by atoms with E-state index in [1.54, 1.807) is 0 Å². The van der Waals surface area contributed by atoms with Gasteiger partial charge in [0.15, 0.2) is 0 Å². The van der Waals surface area contributed by atoms with Gasteiger partial charge in [-0.25, -0.2) is 0 Å². The molecule has 0 heterocycles. The number of unbranched alkanes of at least 4 members (excludes halogenated alkanes) is 22. The van der Waals surface area contributed by atoms with Crippen molar-refractivity contribution in [2.45, 2.75) is 194 Å². The first kappa shape index (κ1) is 36.9. The second kappa shape index (κ2) is 28.9. The van der Waals surface area contributed by atoms with Crippen LogP contribution < -0.4 is 0 Å². The molecule has 4 heteroatoms. The minimum Gasteiger partial charge on any atom is -0.481 e. The molecule has 2 N–H and O–H groups in total. The fraction of sp³-hybridized carbons (Fsp3) is 0.941. The van der Waals surface area contributed by atoms with Crippen LogP contribution in [0.3, 0.4) is 0 Å². The average Bonchev–Trinajstić information content (AvgIpc) is 2.88. The maximum atomic E-state index is 10.5. The molecule has 0 saturated carbocycles. The summed E-state index contributed by atoms with van der Waals surface area (Å²) in [5.74, 6) is 0.424. The summed E-state index contributed by atoms with van der Waals surface area (Å²) in [5.41, 5.74) is 0. The van der Waals surface area contributed by atoms with E-state index in [-0.39, 0.29) is 0 Å². The van der Waals surface area contributed by atoms with Crippen molar-refractivity contribution in [1.82, 2.24) is 0 Å². The van der Waals surface area contributed by atoms with Gasteiger partial charge in [-0.1, -0.05) is 168 Å². The van der Waals surface area contributed by atoms with Gasteiger partial charge >= 0.3 is 11.9 Å². The van der Waals surface area contributed by atoms with Crippen molar-refractivity contribution >= 4 is 11.9 Å². The zero-order valence-corrected chi connectivity index (χ0v) is 25.7. The van der Waals surface area contributed by atoms with Gasteiger partial charge in [0.25, 0.3) is 0 Å². The van der Waals surface area contributed by atoms with Gasteiger partial charge in [0.2, 0.25) is 0 Å². The molecule has 0 aliphatic carbocycles. The van der Waals surface area contributed by atoms with Crippen LogP contribution in [0.5, 0.6) is 0 Å². The van der Waals surface area contributed by atoms with E-state index in [2.05, 4.69) is 13.8 Å². The summed E-state index contributed by atoms with van der Waals surface area (Å²) in [7, 11) is 0. The first-order valence-corrected chi connectivity index (χ1v) is 16.9. The van der Waals surface area contributed by atoms with Crippen molar-refractivity contribution in [2.75, 3.05) is 0 Å². The van der Waals surface area contributed by atoms with E-state index in [0.29, 0.717) is 12.8 Å². The Morgan fingerprint density at radius 2 is 0.553 bits per heavy atom. The maximum Gasteiger partial charge on any atom is 0.303 e. The third-order valence-corrected chi connectivity index (χ3v) is 8.57. The van der Waals surface area contributed by atoms with Crippen molar-refractivity contribution in [1.29, 1.82) is 0 Å². The SMILES string of the molecule is CC(CCCCCCCCCCCCCCCC(=O)O)C(C)CCCCCCCCCCCCCC(=O)O. The Morgan fingerprint density at radius 1 is 0.368 bits per heavy atom. The Hall–Kier alpha value is -1.06. The van der Waals surface area contributed by atoms with E-state index in [1.807, 2.05) is 0 Å². The molecule has 0 amide bonds. The number of aliphatic carboxylic acids is 2. The molecule has 2 unspecified atom stereocenters. The second-order valence-electron chi connectivity index (χ2n) is 12.3. The minimum absolute atomic E-state index is 0.335. The predicted octanol–water partition coefficient (Wildman–Crippen LogP) is 11.4. The van der Waals surface area contributed by atoms with Gasteiger partial charge in [0.05, 0.1) is 0 Å². The highest BCUT2D eigenvalue weighted by atomic mass is 16.4. The van der Waals surface area contributed by atoms with Crippen molar-refractivity contribution in [3.05, 3.63) is 0 Å². The third kappa shape index (κ3) is 29.5. The first-order valence-electron chi connectivity index (χ1n) is 16.9. The molecule has 38 heavy (non-hydrogen) atoms. The number of carboxylic acid groups (broad SMARTS) is 2. The van der Waals surface area contributed by atoms with E-state index in [1.165, 1.54) is 141 Å². The summed E-state index contributed by atoms with van der Waals surface area (Å²) in [5, 5.41) is 17.3. The van der Waals surface area contributed by atoms with Crippen molar-refractivity contribution in [2.24, 2.45) is 11.8 Å². The fourth-order valence-corrected chi connectivity index (χ4v) is 5.59. The van der Waals surface area contributed by atoms with E-state index >= 15 is 0 Å². The van der Waals surface area contributed by atoms with Gasteiger partial charge in [-0.3, -0.25) is 9.59 Å². The van der Waals surface area contributed by atoms with Gasteiger partial charge in [-0.05, 0) is 24.7 Å². The largest absolute Gasteiger partial charge is 0.481 e. The Labute approximate surface area is 237 Å². The molecule has 0 spiro atoms. The van der Waals surface area contributed by atoms with Crippen LogP contribution >= 0.6 is 0 Å². The summed E-state index contributed by atoms with van der Waals surface area (Å²) in [6.07, 6.45) is 34.4. The maximum absolute atomic E-state index is 10.5. The van der Waals surface area contributed by atoms with E-state index in [4.69, 9.17) is 10.2 Å². The normalized spacial score (nSPS) is 13.0. The van der Waals surface area contributed by atoms with Gasteiger partial charge in [0, 0.05) is 12.8 Å². The van der Waals surface area contributed by atoms with E-state index in [9.17, 15) is 9.59 Å². The van der Waals surface area contributed by atoms with Gasteiger partial charge < -0.3 is 10.2 Å². The quantitative estimate of drug-likeness (QED) is 0.0860. The number of carbonyl (C=O) groups is 2. The molecule has 0 aliphatic rings. The van der Waals surface area contributed by atoms with Gasteiger partial charge in [0.1, 0.15) is 0 Å². The van der Waals surface area contributed by atoms with Crippen LogP contribution in [0.25, 0.3) is 0 Å². The molecule has 0 aromatic rings. The molecule has 0 radical (unpaired) electrons. The molecule has 0 fully saturated rings. The van der Waals surface area contributed by atoms with Gasteiger partial charge in [-0.2, -0.15) is 0 Å². The van der Waals surface area contributed by atoms with Gasteiger partial charge in [-0.15, -0.1) is 0 Å². The standard InChI is InChI=1S/C34H66O4/c1-31(27-23-19-15-11-7-4-3-5-9-13-17-21-25-29-33(35)36)32(2)28-24-20-16-12-8-6-10-14-18-22-26-30-34(37)38/h31-32H,3-30H2,1-2H3,(H,35,36)(H,37,38). The molecule has 0 saturated heterocycles. The molecule has 0 aliphatic heterocycles. The topological polar surface area (TPSA) is 74.6 Å². The van der Waals surface area contributed by atoms with Crippen LogP contribution in [-0.4, -0.2) is 22.2 Å². The molecular formula is C34H66O4. The number of hydrogen-bond donors (Lipinski definition) is 2. The van der Waals surface area contributed by atoms with Crippen molar-refractivity contribution in [3.8, 4) is 0 Å². The summed E-state index contributed by atoms with van der Waals surface area (Å²) in [6, 6.07) is 0. The number of hydrogen-bond acceptors (Lipinski definition) is 2. The second-order valence-corrected chi connectivity index (χ2v) is 12.3. The molecule has 0 rings (SSSR count). The fourth-order valence-electron chi connectivity index (χ4n) is 5.59. The van der Waals surface area contributed by atoms with Crippen LogP contribution in [0.2, 0.25) is 0 Å². The zero-order chi connectivity index (χ0) is 28.1. The Balaban J connectivity index is 3.30. The molecule has 0 bridgehead atoms. The van der Waals surface area contributed by atoms with E-state index in [0.717, 1.165) is 37.5 Å². The van der Waals surface area contributed by atoms with Crippen LogP contribution in [0.1, 0.15) is 194 Å². The summed E-state index contributed by atoms with van der Waals surface area (Å²) in [6.45, 7) is 4.94. The number of rotatable bonds is 31. The van der Waals surface area contributed by atoms with E-state index < -0.39 is 11.9 Å². The van der Waals surface area contributed by atoms with Crippen LogP contribution in [0, 0.1) is 11.8 Å². The molecule has 226 valence electrons. The average molecular weight is 539 g/mol. The zero-order valence-electron chi connectivity index (χ0n) is 25.7. The Kier molecular flexibility index (Phi) is 28.1. The third-order valence-electron chi connectivity index (χ3n) is 8.57. The van der Waals surface area contributed by atoms with Crippen LogP contribution in [-0.2, 0) is 9.59 Å².